The Morgan fingerprint density at radius 3 is 2.71 bits per heavy atom. The number of esters is 1. The molecule has 0 saturated heterocycles. The topological polar surface area (TPSA) is 63.6 Å². The Balaban J connectivity index is 2.78. The van der Waals surface area contributed by atoms with E-state index in [4.69, 9.17) is 16.7 Å². The molecule has 0 spiro atoms. The molecule has 4 nitrogen and oxygen atoms in total. The Hall–Kier alpha value is -1.55. The van der Waals surface area contributed by atoms with Crippen molar-refractivity contribution >= 4 is 23.5 Å². The molecule has 1 aromatic rings. The molecule has 0 heterocycles. The van der Waals surface area contributed by atoms with Crippen LogP contribution in [0.4, 0.5) is 0 Å². The van der Waals surface area contributed by atoms with Crippen LogP contribution in [0.2, 0.25) is 5.02 Å². The van der Waals surface area contributed by atoms with Gasteiger partial charge in [-0.25, -0.2) is 0 Å². The van der Waals surface area contributed by atoms with E-state index < -0.39 is 17.9 Å². The largest absolute Gasteiger partial charge is 0.481 e. The van der Waals surface area contributed by atoms with Crippen LogP contribution in [0.3, 0.4) is 0 Å². The van der Waals surface area contributed by atoms with Crippen molar-refractivity contribution in [2.75, 3.05) is 7.11 Å². The van der Waals surface area contributed by atoms with E-state index in [1.54, 1.807) is 24.3 Å². The van der Waals surface area contributed by atoms with Crippen LogP contribution in [-0.2, 0) is 20.7 Å². The molecule has 92 valence electrons. The highest BCUT2D eigenvalue weighted by atomic mass is 35.5. The zero-order valence-electron chi connectivity index (χ0n) is 9.35. The van der Waals surface area contributed by atoms with Crippen molar-refractivity contribution in [3.8, 4) is 0 Å². The highest BCUT2D eigenvalue weighted by Crippen LogP contribution is 2.17. The minimum atomic E-state index is -1.03. The molecule has 0 fully saturated rings. The first-order chi connectivity index (χ1) is 8.02. The molecule has 0 radical (unpaired) electrons. The summed E-state index contributed by atoms with van der Waals surface area (Å²) in [4.78, 5) is 22.1. The lowest BCUT2D eigenvalue weighted by Crippen LogP contribution is -2.22. The lowest BCUT2D eigenvalue weighted by Gasteiger charge is -2.12. The molecule has 0 aliphatic rings. The van der Waals surface area contributed by atoms with Crippen LogP contribution in [0.5, 0.6) is 0 Å². The summed E-state index contributed by atoms with van der Waals surface area (Å²) in [6.07, 6.45) is 0.0543. The van der Waals surface area contributed by atoms with Gasteiger partial charge < -0.3 is 9.84 Å². The summed E-state index contributed by atoms with van der Waals surface area (Å²) < 4.78 is 4.58. The van der Waals surface area contributed by atoms with Gasteiger partial charge in [-0.2, -0.15) is 0 Å². The van der Waals surface area contributed by atoms with E-state index in [9.17, 15) is 9.59 Å². The zero-order chi connectivity index (χ0) is 12.8. The Morgan fingerprint density at radius 2 is 2.18 bits per heavy atom. The van der Waals surface area contributed by atoms with E-state index in [0.29, 0.717) is 11.4 Å². The Kier molecular flexibility index (Phi) is 4.97. The quantitative estimate of drug-likeness (QED) is 0.820. The number of benzene rings is 1. The Bertz CT molecular complexity index is 417. The molecule has 1 unspecified atom stereocenters. The van der Waals surface area contributed by atoms with Gasteiger partial charge in [-0.05, 0) is 24.1 Å². The number of hydrogen-bond donors (Lipinski definition) is 1. The standard InChI is InChI=1S/C12H13ClO4/c1-17-12(16)9(7-11(14)15)5-8-3-2-4-10(13)6-8/h2-4,6,9H,5,7H2,1H3,(H,14,15). The third-order valence-electron chi connectivity index (χ3n) is 2.33. The molecule has 0 saturated carbocycles. The van der Waals surface area contributed by atoms with Crippen molar-refractivity contribution in [1.29, 1.82) is 0 Å². The second-order valence-corrected chi connectivity index (χ2v) is 4.09. The van der Waals surface area contributed by atoms with E-state index >= 15 is 0 Å². The smallest absolute Gasteiger partial charge is 0.309 e. The molecular formula is C12H13ClO4. The number of carbonyl (C=O) groups is 2. The van der Waals surface area contributed by atoms with Gasteiger partial charge in [0, 0.05) is 5.02 Å². The van der Waals surface area contributed by atoms with Crippen LogP contribution in [0.15, 0.2) is 24.3 Å². The lowest BCUT2D eigenvalue weighted by atomic mass is 9.96. The number of hydrogen-bond acceptors (Lipinski definition) is 3. The molecule has 5 heteroatoms. The number of rotatable bonds is 5. The van der Waals surface area contributed by atoms with Gasteiger partial charge in [-0.1, -0.05) is 23.7 Å². The molecule has 0 aliphatic heterocycles. The van der Waals surface area contributed by atoms with E-state index in [-0.39, 0.29) is 6.42 Å². The normalized spacial score (nSPS) is 11.9. The third-order valence-corrected chi connectivity index (χ3v) is 2.56. The third kappa shape index (κ3) is 4.44. The summed E-state index contributed by atoms with van der Waals surface area (Å²) in [5, 5.41) is 9.28. The molecule has 0 aliphatic carbocycles. The van der Waals surface area contributed by atoms with Crippen LogP contribution in [-0.4, -0.2) is 24.2 Å². The summed E-state index contributed by atoms with van der Waals surface area (Å²) >= 11 is 5.81. The van der Waals surface area contributed by atoms with Crippen LogP contribution >= 0.6 is 11.6 Å². The monoisotopic (exact) mass is 256 g/mol. The van der Waals surface area contributed by atoms with Gasteiger partial charge in [-0.15, -0.1) is 0 Å². The van der Waals surface area contributed by atoms with Crippen LogP contribution in [0, 0.1) is 5.92 Å². The van der Waals surface area contributed by atoms with Crippen molar-refractivity contribution in [2.45, 2.75) is 12.8 Å². The number of carboxylic acids is 1. The van der Waals surface area contributed by atoms with Crippen LogP contribution in [0.25, 0.3) is 0 Å². The summed E-state index contributed by atoms with van der Waals surface area (Å²) in [5.74, 6) is -2.23. The minimum Gasteiger partial charge on any atom is -0.481 e. The zero-order valence-corrected chi connectivity index (χ0v) is 10.1. The maximum Gasteiger partial charge on any atom is 0.309 e. The molecular weight excluding hydrogens is 244 g/mol. The SMILES string of the molecule is COC(=O)C(CC(=O)O)Cc1cccc(Cl)c1. The minimum absolute atomic E-state index is 0.251. The fourth-order valence-corrected chi connectivity index (χ4v) is 1.78. The van der Waals surface area contributed by atoms with E-state index in [1.165, 1.54) is 7.11 Å². The molecule has 0 amide bonds. The molecule has 0 aromatic heterocycles. The van der Waals surface area contributed by atoms with Gasteiger partial charge in [0.05, 0.1) is 19.4 Å². The lowest BCUT2D eigenvalue weighted by molar-refractivity contribution is -0.150. The molecule has 1 rings (SSSR count). The van der Waals surface area contributed by atoms with E-state index in [0.717, 1.165) is 5.56 Å². The van der Waals surface area contributed by atoms with Crippen molar-refractivity contribution in [3.63, 3.8) is 0 Å². The van der Waals surface area contributed by atoms with Gasteiger partial charge in [0.1, 0.15) is 0 Å². The van der Waals surface area contributed by atoms with E-state index in [2.05, 4.69) is 4.74 Å². The van der Waals surface area contributed by atoms with Crippen molar-refractivity contribution < 1.29 is 19.4 Å². The fraction of sp³-hybridized carbons (Fsp3) is 0.333. The Labute approximate surface area is 104 Å². The highest BCUT2D eigenvalue weighted by molar-refractivity contribution is 6.30. The molecule has 1 aromatic carbocycles. The van der Waals surface area contributed by atoms with Gasteiger partial charge in [0.2, 0.25) is 0 Å². The van der Waals surface area contributed by atoms with Crippen molar-refractivity contribution in [2.24, 2.45) is 5.92 Å². The van der Waals surface area contributed by atoms with Gasteiger partial charge in [0.15, 0.2) is 0 Å². The molecule has 1 atom stereocenters. The summed E-state index contributed by atoms with van der Waals surface area (Å²) in [5.41, 5.74) is 0.814. The van der Waals surface area contributed by atoms with Crippen LogP contribution in [0.1, 0.15) is 12.0 Å². The van der Waals surface area contributed by atoms with Crippen molar-refractivity contribution in [1.82, 2.24) is 0 Å². The average Bonchev–Trinajstić information content (AvgIpc) is 2.26. The molecule has 0 bridgehead atoms. The number of aliphatic carboxylic acids is 1. The summed E-state index contributed by atoms with van der Waals surface area (Å²) in [6, 6.07) is 6.98. The first-order valence-electron chi connectivity index (χ1n) is 5.07. The first-order valence-corrected chi connectivity index (χ1v) is 5.44. The predicted octanol–water partition coefficient (Wildman–Crippen LogP) is 2.15. The number of ether oxygens (including phenoxy) is 1. The van der Waals surface area contributed by atoms with E-state index in [1.807, 2.05) is 0 Å². The highest BCUT2D eigenvalue weighted by Gasteiger charge is 2.22. The Morgan fingerprint density at radius 1 is 1.47 bits per heavy atom. The summed E-state index contributed by atoms with van der Waals surface area (Å²) in [6.45, 7) is 0. The number of halogens is 1. The second kappa shape index (κ2) is 6.25. The van der Waals surface area contributed by atoms with Crippen molar-refractivity contribution in [3.05, 3.63) is 34.9 Å². The predicted molar refractivity (Wildman–Crippen MR) is 62.9 cm³/mol. The van der Waals surface area contributed by atoms with Gasteiger partial charge >= 0.3 is 11.9 Å². The van der Waals surface area contributed by atoms with Gasteiger partial charge in [0.25, 0.3) is 0 Å². The average molecular weight is 257 g/mol. The maximum absolute atomic E-state index is 11.4. The first kappa shape index (κ1) is 13.5. The number of methoxy groups -OCH3 is 1. The fourth-order valence-electron chi connectivity index (χ4n) is 1.56. The van der Waals surface area contributed by atoms with Crippen LogP contribution < -0.4 is 0 Å². The molecule has 17 heavy (non-hydrogen) atoms. The summed E-state index contributed by atoms with van der Waals surface area (Å²) in [7, 11) is 1.25. The molecule has 1 N–H and O–H groups in total. The maximum atomic E-state index is 11.4. The second-order valence-electron chi connectivity index (χ2n) is 3.65. The number of carbonyl (C=O) groups excluding carboxylic acids is 1. The number of carboxylic acid groups (broad SMARTS) is 1. The van der Waals surface area contributed by atoms with Gasteiger partial charge in [-0.3, -0.25) is 9.59 Å².